The maximum absolute atomic E-state index is 12.8. The van der Waals surface area contributed by atoms with E-state index in [1.54, 1.807) is 11.0 Å². The number of thiophene rings is 1. The quantitative estimate of drug-likeness (QED) is 0.647. The van der Waals surface area contributed by atoms with Gasteiger partial charge in [0, 0.05) is 25.7 Å². The van der Waals surface area contributed by atoms with E-state index in [9.17, 15) is 14.4 Å². The Bertz CT molecular complexity index is 652. The number of carbonyl (C=O) groups is 3. The smallest absolute Gasteiger partial charge is 0.317 e. The van der Waals surface area contributed by atoms with Crippen LogP contribution in [0.4, 0.5) is 4.79 Å². The third kappa shape index (κ3) is 6.51. The van der Waals surface area contributed by atoms with Gasteiger partial charge in [-0.05, 0) is 50.0 Å². The molecule has 1 fully saturated rings. The molecule has 0 aromatic carbocycles. The van der Waals surface area contributed by atoms with E-state index in [2.05, 4.69) is 16.0 Å². The van der Waals surface area contributed by atoms with Crippen molar-refractivity contribution in [2.24, 2.45) is 11.8 Å². The van der Waals surface area contributed by atoms with Crippen molar-refractivity contribution in [1.29, 1.82) is 0 Å². The summed E-state index contributed by atoms with van der Waals surface area (Å²) in [6, 6.07) is 2.99. The zero-order valence-electron chi connectivity index (χ0n) is 17.2. The summed E-state index contributed by atoms with van der Waals surface area (Å²) in [5.74, 6) is -0.0401. The van der Waals surface area contributed by atoms with Gasteiger partial charge in [0.1, 0.15) is 6.04 Å². The van der Waals surface area contributed by atoms with Crippen LogP contribution in [0.25, 0.3) is 0 Å². The van der Waals surface area contributed by atoms with Crippen LogP contribution in [0.1, 0.15) is 50.2 Å². The third-order valence-corrected chi connectivity index (χ3v) is 5.58. The zero-order chi connectivity index (χ0) is 20.7. The summed E-state index contributed by atoms with van der Waals surface area (Å²) in [6.45, 7) is 9.65. The van der Waals surface area contributed by atoms with Crippen molar-refractivity contribution in [3.05, 3.63) is 22.4 Å². The molecular weight excluding hydrogens is 376 g/mol. The lowest BCUT2D eigenvalue weighted by Crippen LogP contribution is -2.55. The van der Waals surface area contributed by atoms with Gasteiger partial charge in [-0.2, -0.15) is 0 Å². The first-order valence-electron chi connectivity index (χ1n) is 9.95. The van der Waals surface area contributed by atoms with Gasteiger partial charge in [-0.3, -0.25) is 9.59 Å². The van der Waals surface area contributed by atoms with Crippen LogP contribution in [-0.2, 0) is 4.79 Å². The summed E-state index contributed by atoms with van der Waals surface area (Å²) in [5, 5.41) is 10.6. The maximum Gasteiger partial charge on any atom is 0.317 e. The summed E-state index contributed by atoms with van der Waals surface area (Å²) in [5.41, 5.74) is 0. The summed E-state index contributed by atoms with van der Waals surface area (Å²) in [4.78, 5) is 39.9. The molecule has 0 radical (unpaired) electrons. The van der Waals surface area contributed by atoms with Crippen molar-refractivity contribution < 1.29 is 14.4 Å². The number of rotatable bonds is 7. The summed E-state index contributed by atoms with van der Waals surface area (Å²) >= 11 is 1.35. The molecule has 1 saturated heterocycles. The molecule has 4 amide bonds. The van der Waals surface area contributed by atoms with E-state index in [1.165, 1.54) is 11.3 Å². The molecule has 7 nitrogen and oxygen atoms in total. The molecule has 0 aliphatic carbocycles. The Morgan fingerprint density at radius 2 is 1.82 bits per heavy atom. The third-order valence-electron chi connectivity index (χ3n) is 4.71. The molecule has 0 spiro atoms. The molecule has 0 saturated carbocycles. The monoisotopic (exact) mass is 408 g/mol. The van der Waals surface area contributed by atoms with E-state index >= 15 is 0 Å². The van der Waals surface area contributed by atoms with Crippen LogP contribution < -0.4 is 16.0 Å². The molecule has 3 N–H and O–H groups in total. The second-order valence-electron chi connectivity index (χ2n) is 8.00. The number of nitrogens with one attached hydrogen (secondary N) is 3. The average Bonchev–Trinajstić information content (AvgIpc) is 3.18. The molecular formula is C20H32N4O3S. The van der Waals surface area contributed by atoms with Gasteiger partial charge in [-0.15, -0.1) is 11.3 Å². The predicted octanol–water partition coefficient (Wildman–Crippen LogP) is 2.45. The first-order chi connectivity index (χ1) is 13.3. The Kier molecular flexibility index (Phi) is 8.29. The van der Waals surface area contributed by atoms with Gasteiger partial charge < -0.3 is 20.9 Å². The highest BCUT2D eigenvalue weighted by Crippen LogP contribution is 2.22. The number of hydrogen-bond donors (Lipinski definition) is 3. The van der Waals surface area contributed by atoms with Crippen LogP contribution >= 0.6 is 11.3 Å². The minimum Gasteiger partial charge on any atom is -0.354 e. The second kappa shape index (κ2) is 10.5. The molecule has 1 aromatic heterocycles. The highest BCUT2D eigenvalue weighted by molar-refractivity contribution is 7.12. The van der Waals surface area contributed by atoms with E-state index in [0.29, 0.717) is 43.3 Å². The van der Waals surface area contributed by atoms with Crippen molar-refractivity contribution >= 4 is 29.2 Å². The van der Waals surface area contributed by atoms with E-state index in [4.69, 9.17) is 0 Å². The zero-order valence-corrected chi connectivity index (χ0v) is 18.0. The number of amides is 4. The van der Waals surface area contributed by atoms with Crippen molar-refractivity contribution in [3.8, 4) is 0 Å². The number of hydrogen-bond acceptors (Lipinski definition) is 4. The minimum absolute atomic E-state index is 0.000764. The van der Waals surface area contributed by atoms with Crippen LogP contribution in [0.2, 0.25) is 0 Å². The summed E-state index contributed by atoms with van der Waals surface area (Å²) in [6.07, 6.45) is 1.35. The Morgan fingerprint density at radius 3 is 2.36 bits per heavy atom. The Labute approximate surface area is 171 Å². The SMILES string of the molecule is CC(C)CNC(=O)[C@H](NC(=O)c1cccs1)C1CCN(C(=O)NC(C)C)CC1. The van der Waals surface area contributed by atoms with E-state index in [-0.39, 0.29) is 29.8 Å². The fourth-order valence-electron chi connectivity index (χ4n) is 3.21. The fraction of sp³-hybridized carbons (Fsp3) is 0.650. The van der Waals surface area contributed by atoms with Crippen LogP contribution in [0.15, 0.2) is 17.5 Å². The van der Waals surface area contributed by atoms with Crippen LogP contribution in [0.3, 0.4) is 0 Å². The molecule has 1 aromatic rings. The molecule has 1 aliphatic heterocycles. The topological polar surface area (TPSA) is 90.5 Å². The van der Waals surface area contributed by atoms with Gasteiger partial charge in [0.05, 0.1) is 4.88 Å². The standard InChI is InChI=1S/C20H32N4O3S/c1-13(2)12-21-19(26)17(23-18(25)16-6-5-11-28-16)15-7-9-24(10-8-15)20(27)22-14(3)4/h5-6,11,13-15,17H,7-10,12H2,1-4H3,(H,21,26)(H,22,27)(H,23,25)/t17-/m1/s1. The number of carbonyl (C=O) groups excluding carboxylic acids is 3. The molecule has 2 rings (SSSR count). The summed E-state index contributed by atoms with van der Waals surface area (Å²) in [7, 11) is 0. The highest BCUT2D eigenvalue weighted by atomic mass is 32.1. The average molecular weight is 409 g/mol. The van der Waals surface area contributed by atoms with Crippen LogP contribution in [0.5, 0.6) is 0 Å². The molecule has 8 heteroatoms. The Balaban J connectivity index is 2.01. The first-order valence-corrected chi connectivity index (χ1v) is 10.8. The lowest BCUT2D eigenvalue weighted by Gasteiger charge is -2.36. The largest absolute Gasteiger partial charge is 0.354 e. The van der Waals surface area contributed by atoms with Gasteiger partial charge in [0.2, 0.25) is 5.91 Å². The van der Waals surface area contributed by atoms with Crippen molar-refractivity contribution in [2.45, 2.75) is 52.6 Å². The lowest BCUT2D eigenvalue weighted by molar-refractivity contribution is -0.124. The number of likely N-dealkylation sites (tertiary alicyclic amines) is 1. The molecule has 1 aliphatic rings. The van der Waals surface area contributed by atoms with Gasteiger partial charge in [-0.25, -0.2) is 4.79 Å². The van der Waals surface area contributed by atoms with E-state index in [1.807, 2.05) is 39.1 Å². The van der Waals surface area contributed by atoms with Gasteiger partial charge in [-0.1, -0.05) is 19.9 Å². The van der Waals surface area contributed by atoms with Crippen molar-refractivity contribution in [1.82, 2.24) is 20.9 Å². The minimum atomic E-state index is -0.594. The van der Waals surface area contributed by atoms with Crippen LogP contribution in [0, 0.1) is 11.8 Å². The number of nitrogens with zero attached hydrogens (tertiary/aromatic N) is 1. The first kappa shape index (κ1) is 22.2. The Hall–Kier alpha value is -2.09. The second-order valence-corrected chi connectivity index (χ2v) is 8.94. The van der Waals surface area contributed by atoms with Crippen molar-refractivity contribution in [2.75, 3.05) is 19.6 Å². The van der Waals surface area contributed by atoms with Gasteiger partial charge in [0.25, 0.3) is 5.91 Å². The highest BCUT2D eigenvalue weighted by Gasteiger charge is 2.34. The van der Waals surface area contributed by atoms with Crippen LogP contribution in [-0.4, -0.2) is 54.5 Å². The summed E-state index contributed by atoms with van der Waals surface area (Å²) < 4.78 is 0. The molecule has 28 heavy (non-hydrogen) atoms. The van der Waals surface area contributed by atoms with Gasteiger partial charge >= 0.3 is 6.03 Å². The normalized spacial score (nSPS) is 16.1. The molecule has 156 valence electrons. The van der Waals surface area contributed by atoms with E-state index in [0.717, 1.165) is 0 Å². The molecule has 0 bridgehead atoms. The fourth-order valence-corrected chi connectivity index (χ4v) is 3.83. The lowest BCUT2D eigenvalue weighted by atomic mass is 9.88. The maximum atomic E-state index is 12.8. The van der Waals surface area contributed by atoms with Crippen molar-refractivity contribution in [3.63, 3.8) is 0 Å². The molecule has 0 unspecified atom stereocenters. The molecule has 2 heterocycles. The van der Waals surface area contributed by atoms with E-state index < -0.39 is 6.04 Å². The van der Waals surface area contributed by atoms with Gasteiger partial charge in [0.15, 0.2) is 0 Å². The number of urea groups is 1. The predicted molar refractivity (Wildman–Crippen MR) is 111 cm³/mol. The Morgan fingerprint density at radius 1 is 1.14 bits per heavy atom. The molecule has 1 atom stereocenters. The number of piperidine rings is 1.